The summed E-state index contributed by atoms with van der Waals surface area (Å²) in [6, 6.07) is 9.66. The van der Waals surface area contributed by atoms with Gasteiger partial charge in [0.2, 0.25) is 44.5 Å². The number of urea groups is 1. The van der Waals surface area contributed by atoms with E-state index in [0.717, 1.165) is 34.1 Å². The van der Waals surface area contributed by atoms with Crippen LogP contribution in [0.1, 0.15) is 159 Å². The number of nitrogens with two attached hydrogens (primary N) is 1. The number of aliphatic carboxylic acids is 1. The van der Waals surface area contributed by atoms with Gasteiger partial charge >= 0.3 is 18.1 Å². The van der Waals surface area contributed by atoms with Gasteiger partial charge in [-0.3, -0.25) is 38.5 Å². The zero-order valence-electron chi connectivity index (χ0n) is 60.2. The van der Waals surface area contributed by atoms with E-state index in [1.807, 2.05) is 49.6 Å². The first-order valence-corrected chi connectivity index (χ1v) is 36.9. The van der Waals surface area contributed by atoms with Crippen molar-refractivity contribution >= 4 is 86.3 Å². The summed E-state index contributed by atoms with van der Waals surface area (Å²) in [5, 5.41) is 29.3. The number of carbonyl (C=O) groups is 10. The smallest absolute Gasteiger partial charge is 0.408 e. The third-order valence-electron chi connectivity index (χ3n) is 18.0. The third kappa shape index (κ3) is 24.5. The van der Waals surface area contributed by atoms with Crippen molar-refractivity contribution < 1.29 is 75.7 Å². The summed E-state index contributed by atoms with van der Waals surface area (Å²) in [6.07, 6.45) is 6.01. The zero-order valence-corrected chi connectivity index (χ0v) is 61.8. The molecule has 0 spiro atoms. The molecule has 4 aromatic rings. The molecule has 0 bridgehead atoms. The second-order valence-electron chi connectivity index (χ2n) is 26.8. The second kappa shape index (κ2) is 39.5. The van der Waals surface area contributed by atoms with Crippen LogP contribution in [0, 0.1) is 23.7 Å². The lowest BCUT2D eigenvalue weighted by atomic mass is 9.89. The van der Waals surface area contributed by atoms with E-state index in [9.17, 15) is 61.5 Å². The van der Waals surface area contributed by atoms with Gasteiger partial charge in [0.25, 0.3) is 11.8 Å². The van der Waals surface area contributed by atoms with Crippen molar-refractivity contribution in [1.82, 2.24) is 56.7 Å². The van der Waals surface area contributed by atoms with Gasteiger partial charge in [-0.2, -0.15) is 0 Å². The number of carbonyl (C=O) groups excluding carboxylic acids is 9. The molecule has 29 nitrogen and oxygen atoms in total. The molecule has 10 amide bonds. The summed E-state index contributed by atoms with van der Waals surface area (Å²) in [6.45, 7) is 15.8. The molecule has 1 aliphatic rings. The van der Waals surface area contributed by atoms with Gasteiger partial charge in [0.1, 0.15) is 35.3 Å². The monoisotopic (exact) mass is 1450 g/mol. The average molecular weight is 1450 g/mol. The lowest BCUT2D eigenvalue weighted by Crippen LogP contribution is -2.62. The number of thiazole rings is 1. The SMILES string of the molecule is CC[C@H](C)[C@@H]([C@@H](CC(=O)N1CCC[C@H]1[C@H](OC)[C@@H](C)C(=O)N[C@@H](Cc1ccccc1)c1nccs1)OC)N(C)C(=O)[C@@H](NC(=O)C(C)(C)NC(=O)OCc1ccc(N(C(=O)[C@@H](NC(=O)CCCCCNC(=O)c2cnc(S(C)(=O)=O)nc2)C(C)C)[C@@H](CCCNC(N)=O)C(=O)O)cc1)C(C)C. The molecule has 1 aliphatic heterocycles. The van der Waals surface area contributed by atoms with Gasteiger partial charge in [-0.25, -0.2) is 37.8 Å². The molecule has 101 heavy (non-hydrogen) atoms. The van der Waals surface area contributed by atoms with Crippen LogP contribution < -0.4 is 42.5 Å². The number of unbranched alkanes of at least 4 members (excludes halogenated alkanes) is 2. The topological polar surface area (TPSA) is 399 Å². The zero-order chi connectivity index (χ0) is 74.9. The number of nitrogens with one attached hydrogen (secondary N) is 6. The van der Waals surface area contributed by atoms with Gasteiger partial charge in [0, 0.05) is 83.2 Å². The Kier molecular flexibility index (Phi) is 32.5. The molecule has 9 N–H and O–H groups in total. The van der Waals surface area contributed by atoms with Crippen molar-refractivity contribution in [2.24, 2.45) is 29.4 Å². The molecule has 31 heteroatoms. The number of ether oxygens (including phenoxy) is 3. The number of hydrogen-bond donors (Lipinski definition) is 8. The number of methoxy groups -OCH3 is 2. The van der Waals surface area contributed by atoms with E-state index in [2.05, 4.69) is 46.9 Å². The standard InChI is InChI=1S/C70H103N13O16S2/c1-14-44(6)58(53(97-11)38-55(85)82-35-22-26-51(82)59(98-12)45(7)60(86)77-50(62-73-34-36-100-62)37-46-23-17-15-18-24-46)81(10)63(88)56(42(2)3)79-66(92)70(8,9)80-69(94)99-41-47-28-30-49(31-29-47)83(52(65(90)91)25-21-33-74-67(71)93)64(89)57(43(4)5)78-54(84)27-19-16-20-32-72-61(87)48-39-75-68(76-40-48)101(13,95)96/h15,17-18,23-24,28-31,34,36,39-40,42-45,50-53,56-59H,14,16,19-22,25-27,32-33,35,37-38,41H2,1-13H3,(H,72,87)(H,77,86)(H,78,84)(H,79,92)(H,80,94)(H,90,91)(H3,71,74,93)/t44-,45+,50-,51-,52-,53+,56-,57-,58-,59+/m0/s1. The average Bonchev–Trinajstić information content (AvgIpc) is 1.79. The fourth-order valence-corrected chi connectivity index (χ4v) is 13.3. The largest absolute Gasteiger partial charge is 0.480 e. The van der Waals surface area contributed by atoms with Crippen molar-refractivity contribution in [1.29, 1.82) is 0 Å². The normalized spacial score (nSPS) is 15.9. The number of primary amides is 1. The van der Waals surface area contributed by atoms with E-state index in [-0.39, 0.29) is 80.4 Å². The van der Waals surface area contributed by atoms with Gasteiger partial charge in [-0.1, -0.05) is 104 Å². The minimum absolute atomic E-state index is 0.00149. The molecule has 556 valence electrons. The van der Waals surface area contributed by atoms with Crippen molar-refractivity contribution in [3.63, 3.8) is 0 Å². The predicted octanol–water partition coefficient (Wildman–Crippen LogP) is 5.87. The summed E-state index contributed by atoms with van der Waals surface area (Å²) < 4.78 is 41.1. The van der Waals surface area contributed by atoms with Crippen LogP contribution in [0.4, 0.5) is 15.3 Å². The Morgan fingerprint density at radius 3 is 2.02 bits per heavy atom. The number of likely N-dealkylation sites (N-methyl/N-ethyl adjacent to an activating group) is 1. The first-order valence-electron chi connectivity index (χ1n) is 34.1. The number of anilines is 1. The molecule has 5 rings (SSSR count). The van der Waals surface area contributed by atoms with E-state index in [1.165, 1.54) is 61.5 Å². The van der Waals surface area contributed by atoms with Gasteiger partial charge < -0.3 is 66.8 Å². The number of carboxylic acids is 1. The molecule has 0 unspecified atom stereocenters. The summed E-state index contributed by atoms with van der Waals surface area (Å²) in [5.41, 5.74) is 5.21. The van der Waals surface area contributed by atoms with Crippen LogP contribution in [-0.2, 0) is 70.6 Å². The quantitative estimate of drug-likeness (QED) is 0.0191. The van der Waals surface area contributed by atoms with Crippen LogP contribution in [0.25, 0.3) is 0 Å². The highest BCUT2D eigenvalue weighted by Gasteiger charge is 2.45. The van der Waals surface area contributed by atoms with Crippen molar-refractivity contribution in [3.05, 3.63) is 100 Å². The lowest BCUT2D eigenvalue weighted by molar-refractivity contribution is -0.148. The minimum atomic E-state index is -3.65. The molecular formula is C70H103N13O16S2. The maximum absolute atomic E-state index is 14.8. The molecule has 3 heterocycles. The van der Waals surface area contributed by atoms with E-state index >= 15 is 0 Å². The number of hydrogen-bond acceptors (Lipinski definition) is 19. The van der Waals surface area contributed by atoms with Crippen LogP contribution in [0.5, 0.6) is 0 Å². The summed E-state index contributed by atoms with van der Waals surface area (Å²) >= 11 is 1.46. The highest BCUT2D eigenvalue weighted by atomic mass is 32.2. The Bertz CT molecular complexity index is 3510. The van der Waals surface area contributed by atoms with Crippen LogP contribution in [0.15, 0.2) is 83.7 Å². The molecule has 2 aromatic heterocycles. The van der Waals surface area contributed by atoms with Crippen LogP contribution in [0.3, 0.4) is 0 Å². The Labute approximate surface area is 596 Å². The van der Waals surface area contributed by atoms with Crippen LogP contribution >= 0.6 is 11.3 Å². The molecule has 10 atom stereocenters. The Hall–Kier alpha value is -8.68. The number of alkyl carbamates (subject to hydrolysis) is 1. The van der Waals surface area contributed by atoms with Crippen LogP contribution in [-0.4, -0.2) is 193 Å². The number of nitrogens with zero attached hydrogens (tertiary/aromatic N) is 6. The number of carboxylic acid groups (broad SMARTS) is 1. The third-order valence-corrected chi connectivity index (χ3v) is 19.8. The second-order valence-corrected chi connectivity index (χ2v) is 29.6. The number of benzene rings is 2. The summed E-state index contributed by atoms with van der Waals surface area (Å²) in [7, 11) is 0.999. The van der Waals surface area contributed by atoms with E-state index < -0.39 is 128 Å². The van der Waals surface area contributed by atoms with Gasteiger partial charge in [0.15, 0.2) is 0 Å². The number of aromatic nitrogens is 3. The maximum Gasteiger partial charge on any atom is 0.408 e. The van der Waals surface area contributed by atoms with Crippen molar-refractivity contribution in [2.75, 3.05) is 52.1 Å². The molecule has 1 saturated heterocycles. The van der Waals surface area contributed by atoms with Crippen molar-refractivity contribution in [2.45, 2.75) is 199 Å². The van der Waals surface area contributed by atoms with Gasteiger partial charge in [0.05, 0.1) is 48.2 Å². The molecule has 1 fully saturated rings. The minimum Gasteiger partial charge on any atom is -0.480 e. The van der Waals surface area contributed by atoms with Crippen molar-refractivity contribution in [3.8, 4) is 0 Å². The van der Waals surface area contributed by atoms with E-state index in [0.29, 0.717) is 57.1 Å². The Morgan fingerprint density at radius 2 is 1.45 bits per heavy atom. The number of likely N-dealkylation sites (tertiary alicyclic amines) is 1. The molecule has 0 radical (unpaired) electrons. The number of sulfone groups is 1. The lowest BCUT2D eigenvalue weighted by Gasteiger charge is -2.41. The van der Waals surface area contributed by atoms with E-state index in [4.69, 9.17) is 19.9 Å². The van der Waals surface area contributed by atoms with Gasteiger partial charge in [-0.05, 0) is 99.8 Å². The number of amides is 10. The Morgan fingerprint density at radius 1 is 0.802 bits per heavy atom. The fourth-order valence-electron chi connectivity index (χ4n) is 12.1. The summed E-state index contributed by atoms with van der Waals surface area (Å²) in [4.78, 5) is 153. The predicted molar refractivity (Wildman–Crippen MR) is 378 cm³/mol. The first kappa shape index (κ1) is 83.0. The maximum atomic E-state index is 14.8. The molecule has 2 aromatic carbocycles. The van der Waals surface area contributed by atoms with Crippen LogP contribution in [0.2, 0.25) is 0 Å². The fraction of sp³-hybridized carbons (Fsp3) is 0.586. The molecular weight excluding hydrogens is 1340 g/mol. The first-order chi connectivity index (χ1) is 47.7. The highest BCUT2D eigenvalue weighted by molar-refractivity contribution is 7.90. The molecule has 0 aliphatic carbocycles. The summed E-state index contributed by atoms with van der Waals surface area (Å²) in [5.74, 6) is -6.60. The number of rotatable bonds is 40. The molecule has 0 saturated carbocycles. The Balaban J connectivity index is 1.21. The highest BCUT2D eigenvalue weighted by Crippen LogP contribution is 2.32. The van der Waals surface area contributed by atoms with Gasteiger partial charge in [-0.15, -0.1) is 11.3 Å². The van der Waals surface area contributed by atoms with E-state index in [1.54, 1.807) is 59.9 Å².